The van der Waals surface area contributed by atoms with Crippen molar-refractivity contribution in [3.63, 3.8) is 0 Å². The molecule has 110 valence electrons. The van der Waals surface area contributed by atoms with Crippen molar-refractivity contribution >= 4 is 5.91 Å². The van der Waals surface area contributed by atoms with Crippen LogP contribution in [0, 0.1) is 11.6 Å². The van der Waals surface area contributed by atoms with Crippen molar-refractivity contribution < 1.29 is 13.6 Å². The van der Waals surface area contributed by atoms with E-state index >= 15 is 0 Å². The molecule has 0 saturated heterocycles. The molecule has 0 aromatic heterocycles. The van der Waals surface area contributed by atoms with Crippen LogP contribution in [0.25, 0.3) is 0 Å². The van der Waals surface area contributed by atoms with Crippen molar-refractivity contribution in [2.45, 2.75) is 19.3 Å². The number of benzene rings is 2. The predicted molar refractivity (Wildman–Crippen MR) is 77.9 cm³/mol. The van der Waals surface area contributed by atoms with E-state index in [4.69, 9.17) is 0 Å². The van der Waals surface area contributed by atoms with Crippen LogP contribution in [0.1, 0.15) is 24.0 Å². The predicted octanol–water partition coefficient (Wildman–Crippen LogP) is 3.43. The van der Waals surface area contributed by atoms with Crippen LogP contribution in [0.4, 0.5) is 8.78 Å². The molecule has 2 aromatic rings. The van der Waals surface area contributed by atoms with E-state index in [9.17, 15) is 13.6 Å². The highest BCUT2D eigenvalue weighted by atomic mass is 19.1. The smallest absolute Gasteiger partial charge is 0.224 e. The summed E-state index contributed by atoms with van der Waals surface area (Å²) in [6, 6.07) is 12.1. The Labute approximate surface area is 122 Å². The van der Waals surface area contributed by atoms with Crippen LogP contribution >= 0.6 is 0 Å². The highest BCUT2D eigenvalue weighted by Crippen LogP contribution is 2.14. The first kappa shape index (κ1) is 15.2. The van der Waals surface area contributed by atoms with E-state index < -0.39 is 0 Å². The molecule has 1 atom stereocenters. The van der Waals surface area contributed by atoms with Gasteiger partial charge in [0.1, 0.15) is 11.6 Å². The van der Waals surface area contributed by atoms with Crippen LogP contribution in [0.2, 0.25) is 0 Å². The Morgan fingerprint density at radius 2 is 1.52 bits per heavy atom. The molecule has 0 radical (unpaired) electrons. The van der Waals surface area contributed by atoms with Crippen molar-refractivity contribution in [1.82, 2.24) is 5.32 Å². The molecular formula is C17H17F2NO. The Kier molecular flexibility index (Phi) is 5.04. The summed E-state index contributed by atoms with van der Waals surface area (Å²) < 4.78 is 25.6. The number of halogens is 2. The molecule has 1 amide bonds. The SMILES string of the molecule is CC(CNC(=O)Cc1ccc(F)cc1)c1ccc(F)cc1. The average molecular weight is 289 g/mol. The maximum Gasteiger partial charge on any atom is 0.224 e. The van der Waals surface area contributed by atoms with Crippen LogP contribution < -0.4 is 5.32 Å². The maximum absolute atomic E-state index is 12.8. The Balaban J connectivity index is 1.83. The van der Waals surface area contributed by atoms with Crippen LogP contribution in [0.3, 0.4) is 0 Å². The number of hydrogen-bond donors (Lipinski definition) is 1. The van der Waals surface area contributed by atoms with E-state index in [0.717, 1.165) is 11.1 Å². The quantitative estimate of drug-likeness (QED) is 0.897. The van der Waals surface area contributed by atoms with Crippen molar-refractivity contribution in [3.05, 3.63) is 71.3 Å². The topological polar surface area (TPSA) is 29.1 Å². The summed E-state index contributed by atoms with van der Waals surface area (Å²) in [5.74, 6) is -0.603. The standard InChI is InChI=1S/C17H17F2NO/c1-12(14-4-8-16(19)9-5-14)11-20-17(21)10-13-2-6-15(18)7-3-13/h2-9,12H,10-11H2,1H3,(H,20,21). The van der Waals surface area contributed by atoms with Crippen molar-refractivity contribution in [2.24, 2.45) is 0 Å². The van der Waals surface area contributed by atoms with Crippen LogP contribution in [0.5, 0.6) is 0 Å². The lowest BCUT2D eigenvalue weighted by atomic mass is 10.0. The molecule has 1 unspecified atom stereocenters. The van der Waals surface area contributed by atoms with Gasteiger partial charge in [0.2, 0.25) is 5.91 Å². The molecule has 0 aliphatic rings. The second-order valence-electron chi connectivity index (χ2n) is 5.06. The van der Waals surface area contributed by atoms with Crippen LogP contribution in [0.15, 0.2) is 48.5 Å². The fraction of sp³-hybridized carbons (Fsp3) is 0.235. The minimum atomic E-state index is -0.316. The number of hydrogen-bond acceptors (Lipinski definition) is 1. The molecule has 21 heavy (non-hydrogen) atoms. The normalized spacial score (nSPS) is 12.0. The molecule has 2 aromatic carbocycles. The van der Waals surface area contributed by atoms with Gasteiger partial charge in [0.25, 0.3) is 0 Å². The molecule has 0 fully saturated rings. The molecule has 2 nitrogen and oxygen atoms in total. The van der Waals surface area contributed by atoms with E-state index in [1.54, 1.807) is 24.3 Å². The van der Waals surface area contributed by atoms with Crippen LogP contribution in [-0.2, 0) is 11.2 Å². The number of nitrogens with one attached hydrogen (secondary N) is 1. The highest BCUT2D eigenvalue weighted by molar-refractivity contribution is 5.78. The van der Waals surface area contributed by atoms with E-state index in [1.165, 1.54) is 24.3 Å². The van der Waals surface area contributed by atoms with Gasteiger partial charge in [-0.2, -0.15) is 0 Å². The summed E-state index contributed by atoms with van der Waals surface area (Å²) in [7, 11) is 0. The lowest BCUT2D eigenvalue weighted by Crippen LogP contribution is -2.28. The second-order valence-corrected chi connectivity index (χ2v) is 5.06. The molecule has 1 N–H and O–H groups in total. The van der Waals surface area contributed by atoms with Gasteiger partial charge in [-0.1, -0.05) is 31.2 Å². The minimum absolute atomic E-state index is 0.0998. The largest absolute Gasteiger partial charge is 0.355 e. The third-order valence-electron chi connectivity index (χ3n) is 3.32. The van der Waals surface area contributed by atoms with Crippen LogP contribution in [-0.4, -0.2) is 12.5 Å². The van der Waals surface area contributed by atoms with Gasteiger partial charge in [0, 0.05) is 6.54 Å². The summed E-state index contributed by atoms with van der Waals surface area (Å²) >= 11 is 0. The zero-order chi connectivity index (χ0) is 15.2. The average Bonchev–Trinajstić information content (AvgIpc) is 2.48. The first-order valence-electron chi connectivity index (χ1n) is 6.81. The summed E-state index contributed by atoms with van der Waals surface area (Å²) in [5.41, 5.74) is 1.74. The van der Waals surface area contributed by atoms with Crippen molar-refractivity contribution in [2.75, 3.05) is 6.54 Å². The molecule has 0 aliphatic carbocycles. The Bertz CT molecular complexity index is 593. The van der Waals surface area contributed by atoms with Gasteiger partial charge in [0.05, 0.1) is 6.42 Å². The van der Waals surface area contributed by atoms with Crippen molar-refractivity contribution in [3.8, 4) is 0 Å². The van der Waals surface area contributed by atoms with E-state index in [2.05, 4.69) is 5.32 Å². The number of rotatable bonds is 5. The Hall–Kier alpha value is -2.23. The Morgan fingerprint density at radius 1 is 1.00 bits per heavy atom. The summed E-state index contributed by atoms with van der Waals surface area (Å²) in [4.78, 5) is 11.8. The van der Waals surface area contributed by atoms with Gasteiger partial charge in [-0.15, -0.1) is 0 Å². The molecule has 4 heteroatoms. The van der Waals surface area contributed by atoms with Gasteiger partial charge in [-0.05, 0) is 41.3 Å². The van der Waals surface area contributed by atoms with Gasteiger partial charge in [-0.3, -0.25) is 4.79 Å². The Morgan fingerprint density at radius 3 is 2.10 bits per heavy atom. The minimum Gasteiger partial charge on any atom is -0.355 e. The lowest BCUT2D eigenvalue weighted by Gasteiger charge is -2.13. The molecule has 0 spiro atoms. The number of amides is 1. The van der Waals surface area contributed by atoms with Gasteiger partial charge < -0.3 is 5.32 Å². The second kappa shape index (κ2) is 6.97. The fourth-order valence-corrected chi connectivity index (χ4v) is 2.03. The van der Waals surface area contributed by atoms with E-state index in [1.807, 2.05) is 6.92 Å². The van der Waals surface area contributed by atoms with Gasteiger partial charge in [0.15, 0.2) is 0 Å². The third kappa shape index (κ3) is 4.67. The zero-order valence-corrected chi connectivity index (χ0v) is 11.8. The lowest BCUT2D eigenvalue weighted by molar-refractivity contribution is -0.120. The van der Waals surface area contributed by atoms with E-state index in [0.29, 0.717) is 6.54 Å². The third-order valence-corrected chi connectivity index (χ3v) is 3.32. The molecule has 0 heterocycles. The summed E-state index contributed by atoms with van der Waals surface area (Å²) in [5, 5.41) is 2.83. The molecule has 2 rings (SSSR count). The maximum atomic E-state index is 12.8. The zero-order valence-electron chi connectivity index (χ0n) is 11.8. The molecule has 0 saturated carbocycles. The molecule has 0 bridgehead atoms. The molecular weight excluding hydrogens is 272 g/mol. The monoisotopic (exact) mass is 289 g/mol. The summed E-state index contributed by atoms with van der Waals surface area (Å²) in [6.07, 6.45) is 0.219. The van der Waals surface area contributed by atoms with E-state index in [-0.39, 0.29) is 29.9 Å². The number of carbonyl (C=O) groups excluding carboxylic acids is 1. The first-order valence-corrected chi connectivity index (χ1v) is 6.81. The summed E-state index contributed by atoms with van der Waals surface area (Å²) in [6.45, 7) is 2.44. The fourth-order valence-electron chi connectivity index (χ4n) is 2.03. The molecule has 0 aliphatic heterocycles. The highest BCUT2D eigenvalue weighted by Gasteiger charge is 2.08. The number of carbonyl (C=O) groups is 1. The van der Waals surface area contributed by atoms with Gasteiger partial charge >= 0.3 is 0 Å². The van der Waals surface area contributed by atoms with Crippen molar-refractivity contribution in [1.29, 1.82) is 0 Å². The van der Waals surface area contributed by atoms with Gasteiger partial charge in [-0.25, -0.2) is 8.78 Å². The first-order chi connectivity index (χ1) is 10.0.